The largest absolute Gasteiger partial charge is 0.314 e. The van der Waals surface area contributed by atoms with Crippen LogP contribution in [0.15, 0.2) is 0 Å². The Morgan fingerprint density at radius 3 is 2.57 bits per heavy atom. The van der Waals surface area contributed by atoms with Crippen molar-refractivity contribution >= 4 is 11.8 Å². The molecule has 0 spiro atoms. The van der Waals surface area contributed by atoms with E-state index in [0.29, 0.717) is 6.04 Å². The third-order valence-electron chi connectivity index (χ3n) is 3.51. The minimum absolute atomic E-state index is 0.704. The van der Waals surface area contributed by atoms with Gasteiger partial charge in [-0.3, -0.25) is 0 Å². The maximum absolute atomic E-state index is 3.71. The van der Waals surface area contributed by atoms with E-state index in [0.717, 1.165) is 11.8 Å². The first-order valence-corrected chi connectivity index (χ1v) is 7.24. The van der Waals surface area contributed by atoms with Crippen molar-refractivity contribution in [1.29, 1.82) is 0 Å². The second-order valence-electron chi connectivity index (χ2n) is 4.50. The predicted octanol–water partition coefficient (Wildman–Crippen LogP) is 3.15. The Bertz CT molecular complexity index is 139. The fraction of sp³-hybridized carbons (Fsp3) is 1.00. The number of thioether (sulfide) groups is 1. The molecule has 0 bridgehead atoms. The lowest BCUT2D eigenvalue weighted by Gasteiger charge is -2.24. The van der Waals surface area contributed by atoms with Crippen LogP contribution in [-0.2, 0) is 0 Å². The zero-order valence-electron chi connectivity index (χ0n) is 9.88. The predicted molar refractivity (Wildman–Crippen MR) is 67.0 cm³/mol. The molecule has 1 aliphatic rings. The molecule has 1 heterocycles. The molecular formula is C12H25NS. The molecule has 1 aliphatic heterocycles. The topological polar surface area (TPSA) is 12.0 Å². The molecule has 2 unspecified atom stereocenters. The van der Waals surface area contributed by atoms with Crippen LogP contribution >= 0.6 is 11.8 Å². The Labute approximate surface area is 93.4 Å². The summed E-state index contributed by atoms with van der Waals surface area (Å²) in [5.74, 6) is 4.56. The van der Waals surface area contributed by atoms with Gasteiger partial charge in [0.05, 0.1) is 0 Å². The van der Waals surface area contributed by atoms with Gasteiger partial charge in [0.2, 0.25) is 0 Å². The zero-order chi connectivity index (χ0) is 10.4. The Morgan fingerprint density at radius 2 is 2.07 bits per heavy atom. The van der Waals surface area contributed by atoms with Crippen LogP contribution in [0.5, 0.6) is 0 Å². The Morgan fingerprint density at radius 1 is 1.36 bits per heavy atom. The van der Waals surface area contributed by atoms with Gasteiger partial charge in [-0.1, -0.05) is 26.7 Å². The van der Waals surface area contributed by atoms with Gasteiger partial charge >= 0.3 is 0 Å². The summed E-state index contributed by atoms with van der Waals surface area (Å²) in [6.45, 7) is 8.19. The molecule has 0 aromatic heterocycles. The molecule has 0 aromatic carbocycles. The lowest BCUT2D eigenvalue weighted by atomic mass is 9.95. The highest BCUT2D eigenvalue weighted by molar-refractivity contribution is 7.99. The minimum atomic E-state index is 0.704. The third-order valence-corrected chi connectivity index (χ3v) is 4.74. The first-order valence-electron chi connectivity index (χ1n) is 6.09. The second kappa shape index (κ2) is 6.73. The van der Waals surface area contributed by atoms with Crippen LogP contribution in [0.1, 0.15) is 40.0 Å². The molecule has 1 nitrogen and oxygen atoms in total. The summed E-state index contributed by atoms with van der Waals surface area (Å²) in [6.07, 6.45) is 4.04. The monoisotopic (exact) mass is 215 g/mol. The quantitative estimate of drug-likeness (QED) is 0.730. The van der Waals surface area contributed by atoms with Gasteiger partial charge in [-0.15, -0.1) is 0 Å². The summed E-state index contributed by atoms with van der Waals surface area (Å²) in [7, 11) is 0. The van der Waals surface area contributed by atoms with Gasteiger partial charge in [-0.05, 0) is 43.2 Å². The maximum atomic E-state index is 3.71. The van der Waals surface area contributed by atoms with Gasteiger partial charge in [-0.2, -0.15) is 11.8 Å². The molecule has 14 heavy (non-hydrogen) atoms. The average molecular weight is 215 g/mol. The van der Waals surface area contributed by atoms with E-state index in [-0.39, 0.29) is 0 Å². The second-order valence-corrected chi connectivity index (χ2v) is 5.65. The number of rotatable bonds is 6. The summed E-state index contributed by atoms with van der Waals surface area (Å²) in [4.78, 5) is 0. The number of hydrogen-bond acceptors (Lipinski definition) is 2. The highest BCUT2D eigenvalue weighted by Crippen LogP contribution is 2.23. The summed E-state index contributed by atoms with van der Waals surface area (Å²) in [5, 5.41) is 3.71. The number of hydrogen-bond donors (Lipinski definition) is 1. The molecule has 1 rings (SSSR count). The molecule has 0 aliphatic carbocycles. The Hall–Kier alpha value is 0.310. The molecule has 0 amide bonds. The van der Waals surface area contributed by atoms with Gasteiger partial charge in [0, 0.05) is 6.04 Å². The molecule has 2 atom stereocenters. The molecule has 84 valence electrons. The summed E-state index contributed by atoms with van der Waals surface area (Å²) >= 11 is 2.11. The first kappa shape index (κ1) is 12.4. The van der Waals surface area contributed by atoms with Gasteiger partial charge in [0.1, 0.15) is 0 Å². The molecule has 1 fully saturated rings. The normalized spacial score (nSPS) is 24.4. The van der Waals surface area contributed by atoms with Crippen molar-refractivity contribution < 1.29 is 0 Å². The van der Waals surface area contributed by atoms with E-state index in [1.54, 1.807) is 0 Å². The van der Waals surface area contributed by atoms with Crippen LogP contribution < -0.4 is 5.32 Å². The first-order chi connectivity index (χ1) is 6.77. The molecule has 0 aromatic rings. The van der Waals surface area contributed by atoms with E-state index >= 15 is 0 Å². The molecule has 1 N–H and O–H groups in total. The highest BCUT2D eigenvalue weighted by Gasteiger charge is 2.18. The third kappa shape index (κ3) is 3.82. The summed E-state index contributed by atoms with van der Waals surface area (Å²) < 4.78 is 0. The van der Waals surface area contributed by atoms with E-state index in [1.165, 1.54) is 37.3 Å². The standard InChI is InChI=1S/C12H25NS/c1-4-12(5-2)10(3)13-8-11-6-7-14-9-11/h10-13H,4-9H2,1-3H3. The van der Waals surface area contributed by atoms with Crippen LogP contribution in [0, 0.1) is 11.8 Å². The van der Waals surface area contributed by atoms with Crippen LogP contribution in [0.4, 0.5) is 0 Å². The van der Waals surface area contributed by atoms with Crippen molar-refractivity contribution in [2.24, 2.45) is 11.8 Å². The summed E-state index contributed by atoms with van der Waals surface area (Å²) in [5.41, 5.74) is 0. The number of nitrogens with one attached hydrogen (secondary N) is 1. The highest BCUT2D eigenvalue weighted by atomic mass is 32.2. The minimum Gasteiger partial charge on any atom is -0.314 e. The van der Waals surface area contributed by atoms with Crippen molar-refractivity contribution in [1.82, 2.24) is 5.32 Å². The van der Waals surface area contributed by atoms with E-state index in [1.807, 2.05) is 0 Å². The van der Waals surface area contributed by atoms with Crippen LogP contribution in [0.2, 0.25) is 0 Å². The lowest BCUT2D eigenvalue weighted by molar-refractivity contribution is 0.338. The van der Waals surface area contributed by atoms with Crippen LogP contribution in [0.25, 0.3) is 0 Å². The van der Waals surface area contributed by atoms with E-state index < -0.39 is 0 Å². The van der Waals surface area contributed by atoms with Crippen molar-refractivity contribution in [3.05, 3.63) is 0 Å². The van der Waals surface area contributed by atoms with Gasteiger partial charge < -0.3 is 5.32 Å². The molecular weight excluding hydrogens is 190 g/mol. The van der Waals surface area contributed by atoms with Gasteiger partial charge in [0.25, 0.3) is 0 Å². The zero-order valence-corrected chi connectivity index (χ0v) is 10.7. The maximum Gasteiger partial charge on any atom is 0.00669 e. The van der Waals surface area contributed by atoms with E-state index in [9.17, 15) is 0 Å². The molecule has 2 heteroatoms. The van der Waals surface area contributed by atoms with Gasteiger partial charge in [-0.25, -0.2) is 0 Å². The van der Waals surface area contributed by atoms with Crippen molar-refractivity contribution in [2.75, 3.05) is 18.1 Å². The van der Waals surface area contributed by atoms with Crippen molar-refractivity contribution in [3.8, 4) is 0 Å². The fourth-order valence-corrected chi connectivity index (χ4v) is 3.54. The molecule has 1 saturated heterocycles. The van der Waals surface area contributed by atoms with Gasteiger partial charge in [0.15, 0.2) is 0 Å². The van der Waals surface area contributed by atoms with E-state index in [2.05, 4.69) is 37.8 Å². The van der Waals surface area contributed by atoms with Crippen molar-refractivity contribution in [3.63, 3.8) is 0 Å². The molecule has 0 radical (unpaired) electrons. The van der Waals surface area contributed by atoms with Crippen LogP contribution in [-0.4, -0.2) is 24.1 Å². The van der Waals surface area contributed by atoms with Crippen molar-refractivity contribution in [2.45, 2.75) is 46.1 Å². The smallest absolute Gasteiger partial charge is 0.00669 e. The van der Waals surface area contributed by atoms with Crippen LogP contribution in [0.3, 0.4) is 0 Å². The Balaban J connectivity index is 2.15. The lowest BCUT2D eigenvalue weighted by Crippen LogP contribution is -2.36. The summed E-state index contributed by atoms with van der Waals surface area (Å²) in [6, 6.07) is 0.704. The average Bonchev–Trinajstić information content (AvgIpc) is 2.69. The molecule has 0 saturated carbocycles. The van der Waals surface area contributed by atoms with E-state index in [4.69, 9.17) is 0 Å². The SMILES string of the molecule is CCC(CC)C(C)NCC1CCSC1. The Kier molecular flexibility index (Phi) is 5.95. The fourth-order valence-electron chi connectivity index (χ4n) is 2.26.